The second-order valence-corrected chi connectivity index (χ2v) is 7.82. The Kier molecular flexibility index (Phi) is 9.72. The molecule has 0 heterocycles. The summed E-state index contributed by atoms with van der Waals surface area (Å²) in [6, 6.07) is 12.5. The Hall–Kier alpha value is -2.00. The quantitative estimate of drug-likeness (QED) is 0.564. The lowest BCUT2D eigenvalue weighted by Gasteiger charge is -2.28. The molecule has 2 aromatic carbocycles. The molecule has 0 aliphatic carbocycles. The third-order valence-corrected chi connectivity index (χ3v) is 5.17. The number of halogens is 1. The summed E-state index contributed by atoms with van der Waals surface area (Å²) in [6.45, 7) is 7.10. The SMILES string of the molecule is CCOc1ccccc1ON(CC)[C@H](C)Cc1ccc(OC)c(S(N)(=O)=O)c1.Cl. The van der Waals surface area contributed by atoms with Gasteiger partial charge in [0.25, 0.3) is 0 Å². The summed E-state index contributed by atoms with van der Waals surface area (Å²) in [7, 11) is -2.47. The molecule has 2 aromatic rings. The predicted molar refractivity (Wildman–Crippen MR) is 115 cm³/mol. The van der Waals surface area contributed by atoms with Crippen molar-refractivity contribution in [1.82, 2.24) is 5.06 Å². The Morgan fingerprint density at radius 1 is 1.07 bits per heavy atom. The van der Waals surface area contributed by atoms with Crippen molar-refractivity contribution in [3.63, 3.8) is 0 Å². The Morgan fingerprint density at radius 3 is 2.28 bits per heavy atom. The highest BCUT2D eigenvalue weighted by Crippen LogP contribution is 2.29. The summed E-state index contributed by atoms with van der Waals surface area (Å²) in [5.41, 5.74) is 0.817. The van der Waals surface area contributed by atoms with Gasteiger partial charge in [0.1, 0.15) is 10.6 Å². The molecule has 9 heteroatoms. The Labute approximate surface area is 179 Å². The Morgan fingerprint density at radius 2 is 1.72 bits per heavy atom. The van der Waals surface area contributed by atoms with E-state index in [4.69, 9.17) is 19.5 Å². The maximum atomic E-state index is 11.8. The van der Waals surface area contributed by atoms with Gasteiger partial charge in [-0.1, -0.05) is 18.2 Å². The van der Waals surface area contributed by atoms with E-state index in [9.17, 15) is 8.42 Å². The van der Waals surface area contributed by atoms with E-state index >= 15 is 0 Å². The molecule has 0 saturated heterocycles. The topological polar surface area (TPSA) is 91.1 Å². The van der Waals surface area contributed by atoms with Gasteiger partial charge in [0.15, 0.2) is 11.5 Å². The Balaban J connectivity index is 0.00000420. The molecule has 2 rings (SSSR count). The van der Waals surface area contributed by atoms with Crippen molar-refractivity contribution in [2.24, 2.45) is 5.14 Å². The average molecular weight is 445 g/mol. The molecule has 1 atom stereocenters. The molecule has 0 aliphatic rings. The van der Waals surface area contributed by atoms with Crippen LogP contribution in [0.2, 0.25) is 0 Å². The van der Waals surface area contributed by atoms with Crippen LogP contribution in [0.15, 0.2) is 47.4 Å². The number of primary sulfonamides is 1. The number of ether oxygens (including phenoxy) is 2. The smallest absolute Gasteiger partial charge is 0.241 e. The molecule has 29 heavy (non-hydrogen) atoms. The first-order valence-corrected chi connectivity index (χ1v) is 10.7. The number of hydrogen-bond acceptors (Lipinski definition) is 6. The van der Waals surface area contributed by atoms with Crippen molar-refractivity contribution in [1.29, 1.82) is 0 Å². The minimum atomic E-state index is -3.88. The van der Waals surface area contributed by atoms with Crippen molar-refractivity contribution in [3.05, 3.63) is 48.0 Å². The van der Waals surface area contributed by atoms with Crippen molar-refractivity contribution < 1.29 is 22.7 Å². The number of likely N-dealkylation sites (N-methyl/N-ethyl adjacent to an activating group) is 1. The van der Waals surface area contributed by atoms with Gasteiger partial charge in [-0.2, -0.15) is 0 Å². The van der Waals surface area contributed by atoms with E-state index in [0.717, 1.165) is 5.56 Å². The second-order valence-electron chi connectivity index (χ2n) is 6.29. The first kappa shape index (κ1) is 25.0. The van der Waals surface area contributed by atoms with Gasteiger partial charge in [0.05, 0.1) is 13.7 Å². The maximum Gasteiger partial charge on any atom is 0.241 e. The number of para-hydroxylation sites is 2. The van der Waals surface area contributed by atoms with E-state index in [-0.39, 0.29) is 29.1 Å². The number of hydrogen-bond donors (Lipinski definition) is 1. The van der Waals surface area contributed by atoms with E-state index in [1.54, 1.807) is 12.1 Å². The number of nitrogens with zero attached hydrogens (tertiary/aromatic N) is 1. The summed E-state index contributed by atoms with van der Waals surface area (Å²) in [5, 5.41) is 7.14. The van der Waals surface area contributed by atoms with E-state index in [1.165, 1.54) is 7.11 Å². The molecule has 7 nitrogen and oxygen atoms in total. The van der Waals surface area contributed by atoms with Crippen molar-refractivity contribution >= 4 is 22.4 Å². The third-order valence-electron chi connectivity index (χ3n) is 4.23. The third kappa shape index (κ3) is 6.78. The molecule has 2 N–H and O–H groups in total. The highest BCUT2D eigenvalue weighted by molar-refractivity contribution is 7.89. The van der Waals surface area contributed by atoms with Crippen LogP contribution in [0.4, 0.5) is 0 Å². The minimum absolute atomic E-state index is 0. The van der Waals surface area contributed by atoms with Crippen LogP contribution >= 0.6 is 12.4 Å². The molecule has 0 radical (unpaired) electrons. The van der Waals surface area contributed by atoms with Crippen LogP contribution in [0.3, 0.4) is 0 Å². The zero-order valence-electron chi connectivity index (χ0n) is 17.1. The summed E-state index contributed by atoms with van der Waals surface area (Å²) >= 11 is 0. The summed E-state index contributed by atoms with van der Waals surface area (Å²) in [6.07, 6.45) is 0.567. The number of nitrogens with two attached hydrogens (primary N) is 1. The van der Waals surface area contributed by atoms with Crippen LogP contribution in [0, 0.1) is 0 Å². The lowest BCUT2D eigenvalue weighted by Crippen LogP contribution is -2.37. The minimum Gasteiger partial charge on any atom is -0.495 e. The van der Waals surface area contributed by atoms with Gasteiger partial charge in [-0.15, -0.1) is 17.5 Å². The molecule has 0 saturated carbocycles. The lowest BCUT2D eigenvalue weighted by molar-refractivity contribution is -0.0874. The summed E-state index contributed by atoms with van der Waals surface area (Å²) < 4.78 is 34.4. The molecule has 0 amide bonds. The fourth-order valence-electron chi connectivity index (χ4n) is 2.91. The van der Waals surface area contributed by atoms with Crippen LogP contribution < -0.4 is 19.5 Å². The van der Waals surface area contributed by atoms with Gasteiger partial charge >= 0.3 is 0 Å². The molecular formula is C20H29ClN2O5S. The first-order valence-electron chi connectivity index (χ1n) is 9.16. The molecule has 0 aliphatic heterocycles. The molecule has 0 aromatic heterocycles. The van der Waals surface area contributed by atoms with Gasteiger partial charge < -0.3 is 14.3 Å². The summed E-state index contributed by atoms with van der Waals surface area (Å²) in [4.78, 5) is 6.04. The van der Waals surface area contributed by atoms with E-state index in [2.05, 4.69) is 0 Å². The average Bonchev–Trinajstić information content (AvgIpc) is 2.66. The number of sulfonamides is 1. The molecule has 0 spiro atoms. The van der Waals surface area contributed by atoms with E-state index < -0.39 is 10.0 Å². The molecule has 0 bridgehead atoms. The molecule has 0 fully saturated rings. The van der Waals surface area contributed by atoms with Crippen LogP contribution in [0.25, 0.3) is 0 Å². The van der Waals surface area contributed by atoms with Crippen LogP contribution in [-0.4, -0.2) is 39.8 Å². The van der Waals surface area contributed by atoms with Gasteiger partial charge in [0.2, 0.25) is 10.0 Å². The fourth-order valence-corrected chi connectivity index (χ4v) is 3.65. The monoisotopic (exact) mass is 444 g/mol. The molecule has 162 valence electrons. The summed E-state index contributed by atoms with van der Waals surface area (Å²) in [5.74, 6) is 1.54. The van der Waals surface area contributed by atoms with Gasteiger partial charge in [-0.05, 0) is 57.0 Å². The van der Waals surface area contributed by atoms with Gasteiger partial charge in [-0.3, -0.25) is 0 Å². The highest BCUT2D eigenvalue weighted by Gasteiger charge is 2.20. The van der Waals surface area contributed by atoms with Gasteiger partial charge in [0, 0.05) is 12.6 Å². The van der Waals surface area contributed by atoms with E-state index in [1.807, 2.05) is 56.2 Å². The molecule has 0 unspecified atom stereocenters. The van der Waals surface area contributed by atoms with Crippen molar-refractivity contribution in [2.45, 2.75) is 38.1 Å². The van der Waals surface area contributed by atoms with Crippen molar-refractivity contribution in [3.8, 4) is 17.2 Å². The van der Waals surface area contributed by atoms with Crippen LogP contribution in [0.1, 0.15) is 26.3 Å². The van der Waals surface area contributed by atoms with Gasteiger partial charge in [-0.25, -0.2) is 13.6 Å². The largest absolute Gasteiger partial charge is 0.495 e. The molecular weight excluding hydrogens is 416 g/mol. The van der Waals surface area contributed by atoms with E-state index in [0.29, 0.717) is 31.1 Å². The number of hydroxylamine groups is 2. The van der Waals surface area contributed by atoms with Crippen molar-refractivity contribution in [2.75, 3.05) is 20.3 Å². The Bertz CT molecular complexity index is 892. The number of methoxy groups -OCH3 is 1. The van der Waals surface area contributed by atoms with Crippen LogP contribution in [-0.2, 0) is 16.4 Å². The predicted octanol–water partition coefficient (Wildman–Crippen LogP) is 3.41. The maximum absolute atomic E-state index is 11.8. The zero-order valence-corrected chi connectivity index (χ0v) is 18.8. The highest BCUT2D eigenvalue weighted by atomic mass is 35.5. The second kappa shape index (κ2) is 11.3. The standard InChI is InChI=1S/C20H28N2O5S.ClH/c1-5-22(27-18-10-8-7-9-17(18)26-6-2)15(3)13-16-11-12-19(25-4)20(14-16)28(21,23)24;/h7-12,14-15H,5-6,13H2,1-4H3,(H2,21,23,24);1H/t15-;/m1./s1. The number of rotatable bonds is 10. The number of benzene rings is 2. The fraction of sp³-hybridized carbons (Fsp3) is 0.400. The first-order chi connectivity index (χ1) is 13.3. The zero-order chi connectivity index (χ0) is 20.7. The lowest BCUT2D eigenvalue weighted by atomic mass is 10.1. The van der Waals surface area contributed by atoms with Crippen LogP contribution in [0.5, 0.6) is 17.2 Å². The normalized spacial score (nSPS) is 12.2.